The van der Waals surface area contributed by atoms with Crippen molar-refractivity contribution in [3.8, 4) is 0 Å². The number of anilines is 5. The molecule has 0 bridgehead atoms. The van der Waals surface area contributed by atoms with E-state index < -0.39 is 0 Å². The Morgan fingerprint density at radius 3 is 2.45 bits per heavy atom. The van der Waals surface area contributed by atoms with E-state index in [0.29, 0.717) is 17.1 Å². The van der Waals surface area contributed by atoms with Gasteiger partial charge in [-0.05, 0) is 68.4 Å². The number of carbonyl (C=O) groups excluding carboxylic acids is 1. The molecule has 7 heteroatoms. The lowest BCUT2D eigenvalue weighted by Gasteiger charge is -2.17. The van der Waals surface area contributed by atoms with Gasteiger partial charge < -0.3 is 15.5 Å². The molecule has 4 aromatic rings. The minimum Gasteiger partial charge on any atom is -0.355 e. The van der Waals surface area contributed by atoms with E-state index in [1.54, 1.807) is 17.3 Å². The van der Waals surface area contributed by atoms with Crippen molar-refractivity contribution in [1.29, 1.82) is 0 Å². The summed E-state index contributed by atoms with van der Waals surface area (Å²) in [5, 5.41) is 7.28. The molecule has 6 nitrogen and oxygen atoms in total. The Bertz CT molecular complexity index is 1350. The summed E-state index contributed by atoms with van der Waals surface area (Å²) in [5.41, 5.74) is 7.84. The fraction of sp³-hybridized carbons (Fsp3) is 0.115. The van der Waals surface area contributed by atoms with E-state index in [0.717, 1.165) is 45.4 Å². The molecule has 2 aromatic heterocycles. The third-order valence-electron chi connectivity index (χ3n) is 5.59. The van der Waals surface area contributed by atoms with Gasteiger partial charge >= 0.3 is 0 Å². The molecular weight excluding hydrogens is 434 g/mol. The van der Waals surface area contributed by atoms with Crippen LogP contribution in [0.15, 0.2) is 73.1 Å². The van der Waals surface area contributed by atoms with Crippen molar-refractivity contribution in [1.82, 2.24) is 9.97 Å². The van der Waals surface area contributed by atoms with E-state index in [-0.39, 0.29) is 5.91 Å². The summed E-state index contributed by atoms with van der Waals surface area (Å²) in [6, 6.07) is 19.4. The zero-order valence-electron chi connectivity index (χ0n) is 18.3. The number of benzene rings is 2. The number of hydrogen-bond donors (Lipinski definition) is 2. The average molecular weight is 456 g/mol. The molecule has 1 aliphatic rings. The number of carbonyl (C=O) groups is 1. The van der Waals surface area contributed by atoms with Crippen LogP contribution >= 0.6 is 11.6 Å². The predicted molar refractivity (Wildman–Crippen MR) is 133 cm³/mol. The zero-order chi connectivity index (χ0) is 22.9. The van der Waals surface area contributed by atoms with Crippen LogP contribution in [0.25, 0.3) is 0 Å². The Hall–Kier alpha value is -3.90. The molecule has 0 saturated carbocycles. The van der Waals surface area contributed by atoms with Crippen LogP contribution in [0.2, 0.25) is 5.02 Å². The van der Waals surface area contributed by atoms with Gasteiger partial charge in [0.15, 0.2) is 0 Å². The van der Waals surface area contributed by atoms with Gasteiger partial charge in [0.05, 0.1) is 17.3 Å². The number of nitrogens with one attached hydrogen (secondary N) is 2. The van der Waals surface area contributed by atoms with E-state index in [4.69, 9.17) is 11.6 Å². The Balaban J connectivity index is 1.37. The maximum absolute atomic E-state index is 13.2. The van der Waals surface area contributed by atoms with Crippen molar-refractivity contribution in [2.45, 2.75) is 20.4 Å². The average Bonchev–Trinajstić information content (AvgIpc) is 3.14. The highest BCUT2D eigenvalue weighted by Gasteiger charge is 2.30. The molecule has 1 amide bonds. The van der Waals surface area contributed by atoms with Crippen molar-refractivity contribution < 1.29 is 4.79 Å². The van der Waals surface area contributed by atoms with Gasteiger partial charge in [0, 0.05) is 57.7 Å². The summed E-state index contributed by atoms with van der Waals surface area (Å²) >= 11 is 6.32. The van der Waals surface area contributed by atoms with Crippen LogP contribution in [-0.2, 0) is 6.54 Å². The Morgan fingerprint density at radius 2 is 1.67 bits per heavy atom. The normalized spacial score (nSPS) is 12.6. The van der Waals surface area contributed by atoms with Crippen molar-refractivity contribution in [2.75, 3.05) is 15.5 Å². The first kappa shape index (κ1) is 21.0. The summed E-state index contributed by atoms with van der Waals surface area (Å²) in [4.78, 5) is 23.4. The van der Waals surface area contributed by atoms with Crippen molar-refractivity contribution in [2.24, 2.45) is 0 Å². The van der Waals surface area contributed by atoms with Gasteiger partial charge in [-0.15, -0.1) is 0 Å². The number of nitrogens with zero attached hydrogens (tertiary/aromatic N) is 3. The minimum absolute atomic E-state index is 0.0175. The quantitative estimate of drug-likeness (QED) is 0.364. The van der Waals surface area contributed by atoms with Crippen LogP contribution in [0.3, 0.4) is 0 Å². The summed E-state index contributed by atoms with van der Waals surface area (Å²) in [7, 11) is 0. The number of aryl methyl sites for hydroxylation is 2. The monoisotopic (exact) mass is 455 g/mol. The summed E-state index contributed by atoms with van der Waals surface area (Å²) in [5.74, 6) is -0.0175. The van der Waals surface area contributed by atoms with E-state index in [9.17, 15) is 4.79 Å². The molecule has 0 spiro atoms. The number of fused-ring (bicyclic) bond motifs is 1. The highest BCUT2D eigenvalue weighted by molar-refractivity contribution is 6.33. The van der Waals surface area contributed by atoms with Gasteiger partial charge in [-0.1, -0.05) is 17.7 Å². The third-order valence-corrected chi connectivity index (χ3v) is 5.89. The van der Waals surface area contributed by atoms with Crippen molar-refractivity contribution in [3.05, 3.63) is 101 Å². The Labute approximate surface area is 197 Å². The molecule has 2 aromatic carbocycles. The number of halogens is 1. The highest BCUT2D eigenvalue weighted by atomic mass is 35.5. The second kappa shape index (κ2) is 8.56. The Kier molecular flexibility index (Phi) is 5.44. The number of amides is 1. The molecule has 0 unspecified atom stereocenters. The van der Waals surface area contributed by atoms with Crippen LogP contribution in [0, 0.1) is 13.8 Å². The first-order chi connectivity index (χ1) is 16.0. The van der Waals surface area contributed by atoms with Gasteiger partial charge in [-0.25, -0.2) is 0 Å². The molecule has 0 radical (unpaired) electrons. The number of rotatable bonds is 5. The fourth-order valence-corrected chi connectivity index (χ4v) is 4.11. The topological polar surface area (TPSA) is 70.2 Å². The molecule has 0 fully saturated rings. The number of aromatic nitrogens is 2. The van der Waals surface area contributed by atoms with Crippen LogP contribution < -0.4 is 15.5 Å². The predicted octanol–water partition coefficient (Wildman–Crippen LogP) is 6.39. The van der Waals surface area contributed by atoms with Gasteiger partial charge in [-0.2, -0.15) is 0 Å². The molecule has 33 heavy (non-hydrogen) atoms. The zero-order valence-corrected chi connectivity index (χ0v) is 19.0. The lowest BCUT2D eigenvalue weighted by Crippen LogP contribution is -2.22. The van der Waals surface area contributed by atoms with E-state index in [2.05, 4.69) is 20.6 Å². The molecule has 5 rings (SSSR count). The molecule has 0 saturated heterocycles. The molecule has 2 N–H and O–H groups in total. The molecule has 0 aliphatic carbocycles. The number of hydrogen-bond acceptors (Lipinski definition) is 5. The lowest BCUT2D eigenvalue weighted by molar-refractivity contribution is 0.0996. The summed E-state index contributed by atoms with van der Waals surface area (Å²) in [6.45, 7) is 4.35. The minimum atomic E-state index is -0.0175. The van der Waals surface area contributed by atoms with Crippen LogP contribution in [-0.4, -0.2) is 15.9 Å². The van der Waals surface area contributed by atoms with E-state index in [1.807, 2.05) is 74.5 Å². The molecule has 1 aliphatic heterocycles. The van der Waals surface area contributed by atoms with Crippen LogP contribution in [0.4, 0.5) is 28.4 Å². The van der Waals surface area contributed by atoms with Gasteiger partial charge in [0.25, 0.3) is 5.91 Å². The maximum Gasteiger partial charge on any atom is 0.259 e. The highest BCUT2D eigenvalue weighted by Crippen LogP contribution is 2.36. The maximum atomic E-state index is 13.2. The standard InChI is InChI=1S/C26H22ClN5O/c1-16-12-19(10-11-28-16)30-18-6-8-20(9-7-18)32-15-22-21(26(32)33)4-3-5-24(22)31-25-13-17(2)29-14-23(25)27/h3-14H,15H2,1-2H3,(H,28,30)(H,29,31). The van der Waals surface area contributed by atoms with E-state index >= 15 is 0 Å². The largest absolute Gasteiger partial charge is 0.355 e. The third kappa shape index (κ3) is 4.25. The van der Waals surface area contributed by atoms with Gasteiger partial charge in [0.1, 0.15) is 0 Å². The molecular formula is C26H22ClN5O. The second-order valence-electron chi connectivity index (χ2n) is 8.01. The summed E-state index contributed by atoms with van der Waals surface area (Å²) < 4.78 is 0. The van der Waals surface area contributed by atoms with Crippen LogP contribution in [0.1, 0.15) is 27.3 Å². The van der Waals surface area contributed by atoms with Crippen LogP contribution in [0.5, 0.6) is 0 Å². The summed E-state index contributed by atoms with van der Waals surface area (Å²) in [6.07, 6.45) is 3.40. The number of pyridine rings is 2. The Morgan fingerprint density at radius 1 is 0.879 bits per heavy atom. The van der Waals surface area contributed by atoms with Crippen molar-refractivity contribution in [3.63, 3.8) is 0 Å². The lowest BCUT2D eigenvalue weighted by atomic mass is 10.1. The first-order valence-corrected chi connectivity index (χ1v) is 11.0. The smallest absolute Gasteiger partial charge is 0.259 e. The molecule has 164 valence electrons. The fourth-order valence-electron chi connectivity index (χ4n) is 3.96. The molecule has 0 atom stereocenters. The first-order valence-electron chi connectivity index (χ1n) is 10.6. The van der Waals surface area contributed by atoms with E-state index in [1.165, 1.54) is 0 Å². The van der Waals surface area contributed by atoms with Gasteiger partial charge in [-0.3, -0.25) is 14.8 Å². The van der Waals surface area contributed by atoms with Gasteiger partial charge in [0.2, 0.25) is 0 Å². The second-order valence-corrected chi connectivity index (χ2v) is 8.42. The molecule has 3 heterocycles. The van der Waals surface area contributed by atoms with Crippen molar-refractivity contribution >= 4 is 45.9 Å². The SMILES string of the molecule is Cc1cc(Nc2ccc(N3Cc4c(Nc5cc(C)ncc5Cl)cccc4C3=O)cc2)ccn1.